The third-order valence-electron chi connectivity index (χ3n) is 5.02. The van der Waals surface area contributed by atoms with Crippen molar-refractivity contribution < 1.29 is 14.7 Å². The zero-order valence-corrected chi connectivity index (χ0v) is 13.9. The van der Waals surface area contributed by atoms with Crippen LogP contribution in [0.4, 0.5) is 0 Å². The van der Waals surface area contributed by atoms with Gasteiger partial charge in [0.05, 0.1) is 0 Å². The minimum atomic E-state index is -0.956. The average Bonchev–Trinajstić information content (AvgIpc) is 2.33. The highest BCUT2D eigenvalue weighted by Gasteiger charge is 2.46. The Bertz CT molecular complexity index is 393. The molecule has 0 aliphatic heterocycles. The number of aliphatic carboxylic acids is 1. The molecule has 0 heterocycles. The van der Waals surface area contributed by atoms with E-state index in [-0.39, 0.29) is 41.7 Å². The third-order valence-corrected chi connectivity index (χ3v) is 5.02. The highest BCUT2D eigenvalue weighted by Crippen LogP contribution is 2.45. The van der Waals surface area contributed by atoms with Crippen LogP contribution < -0.4 is 5.73 Å². The number of carboxylic acids is 1. The predicted octanol–water partition coefficient (Wildman–Crippen LogP) is 1.96. The number of nitrogens with zero attached hydrogens (tertiary/aromatic N) is 1. The smallest absolute Gasteiger partial charge is 0.323 e. The highest BCUT2D eigenvalue weighted by molar-refractivity contribution is 5.83. The van der Waals surface area contributed by atoms with Crippen LogP contribution in [-0.4, -0.2) is 41.0 Å². The number of carbonyl (C=O) groups is 2. The molecular weight excluding hydrogens is 268 g/mol. The van der Waals surface area contributed by atoms with Gasteiger partial charge in [-0.1, -0.05) is 34.6 Å². The van der Waals surface area contributed by atoms with Crippen molar-refractivity contribution in [2.24, 2.45) is 28.9 Å². The summed E-state index contributed by atoms with van der Waals surface area (Å²) in [6, 6.07) is 0.113. The van der Waals surface area contributed by atoms with Crippen molar-refractivity contribution in [1.29, 1.82) is 0 Å². The van der Waals surface area contributed by atoms with E-state index in [9.17, 15) is 9.59 Å². The molecule has 3 N–H and O–H groups in total. The lowest BCUT2D eigenvalue weighted by atomic mass is 9.60. The first kappa shape index (κ1) is 18.0. The van der Waals surface area contributed by atoms with Crippen LogP contribution in [0, 0.1) is 23.2 Å². The maximum Gasteiger partial charge on any atom is 0.323 e. The van der Waals surface area contributed by atoms with Gasteiger partial charge >= 0.3 is 5.97 Å². The fraction of sp³-hybridized carbons (Fsp3) is 0.875. The fourth-order valence-corrected chi connectivity index (χ4v) is 3.35. The fourth-order valence-electron chi connectivity index (χ4n) is 3.35. The Kier molecular flexibility index (Phi) is 5.79. The summed E-state index contributed by atoms with van der Waals surface area (Å²) in [5.74, 6) is -0.645. The zero-order valence-electron chi connectivity index (χ0n) is 13.9. The molecule has 0 aromatic rings. The molecule has 0 aromatic heterocycles. The topological polar surface area (TPSA) is 83.6 Å². The van der Waals surface area contributed by atoms with Crippen molar-refractivity contribution >= 4 is 11.9 Å². The first-order valence-electron chi connectivity index (χ1n) is 7.83. The Hall–Kier alpha value is -1.10. The average molecular weight is 298 g/mol. The number of carbonyl (C=O) groups excluding carboxylic acids is 1. The second-order valence-electron chi connectivity index (χ2n) is 7.41. The van der Waals surface area contributed by atoms with E-state index in [0.29, 0.717) is 6.54 Å². The van der Waals surface area contributed by atoms with Crippen LogP contribution in [-0.2, 0) is 9.59 Å². The molecule has 21 heavy (non-hydrogen) atoms. The molecule has 3 atom stereocenters. The second-order valence-corrected chi connectivity index (χ2v) is 7.41. The maximum atomic E-state index is 12.9. The number of hydrogen-bond donors (Lipinski definition) is 2. The van der Waals surface area contributed by atoms with Crippen LogP contribution in [0.25, 0.3) is 0 Å². The molecule has 1 aliphatic rings. The zero-order chi connectivity index (χ0) is 16.4. The minimum Gasteiger partial charge on any atom is -0.480 e. The second kappa shape index (κ2) is 6.77. The third kappa shape index (κ3) is 4.19. The van der Waals surface area contributed by atoms with E-state index in [1.807, 2.05) is 13.8 Å². The van der Waals surface area contributed by atoms with Gasteiger partial charge in [-0.05, 0) is 30.1 Å². The van der Waals surface area contributed by atoms with Crippen LogP contribution in [0.2, 0.25) is 0 Å². The van der Waals surface area contributed by atoms with Crippen LogP contribution in [0.3, 0.4) is 0 Å². The van der Waals surface area contributed by atoms with Gasteiger partial charge < -0.3 is 15.7 Å². The molecule has 0 spiro atoms. The summed E-state index contributed by atoms with van der Waals surface area (Å²) >= 11 is 0. The summed E-state index contributed by atoms with van der Waals surface area (Å²) in [5, 5.41) is 9.05. The maximum absolute atomic E-state index is 12.9. The van der Waals surface area contributed by atoms with Gasteiger partial charge in [-0.25, -0.2) is 0 Å². The van der Waals surface area contributed by atoms with Gasteiger partial charge in [0.15, 0.2) is 0 Å². The Balaban J connectivity index is 2.94. The van der Waals surface area contributed by atoms with Gasteiger partial charge in [0.1, 0.15) is 6.54 Å². The van der Waals surface area contributed by atoms with E-state index in [1.54, 1.807) is 0 Å². The molecule has 0 saturated heterocycles. The molecule has 5 heteroatoms. The van der Waals surface area contributed by atoms with Crippen molar-refractivity contribution in [3.05, 3.63) is 0 Å². The summed E-state index contributed by atoms with van der Waals surface area (Å²) in [6.07, 6.45) is 1.56. The summed E-state index contributed by atoms with van der Waals surface area (Å²) in [4.78, 5) is 25.4. The normalized spacial score (nSPS) is 28.4. The molecule has 122 valence electrons. The van der Waals surface area contributed by atoms with E-state index in [2.05, 4.69) is 20.8 Å². The van der Waals surface area contributed by atoms with Crippen molar-refractivity contribution in [2.75, 3.05) is 13.1 Å². The number of amides is 1. The lowest BCUT2D eigenvalue weighted by Gasteiger charge is -2.47. The largest absolute Gasteiger partial charge is 0.480 e. The first-order valence-corrected chi connectivity index (χ1v) is 7.83. The van der Waals surface area contributed by atoms with E-state index >= 15 is 0 Å². The monoisotopic (exact) mass is 298 g/mol. The molecular formula is C16H30N2O3. The van der Waals surface area contributed by atoms with E-state index in [4.69, 9.17) is 10.8 Å². The lowest BCUT2D eigenvalue weighted by molar-refractivity contribution is -0.151. The SMILES string of the molecule is CC(C)CN(CC(=O)O)C(=O)C1CCC(N)C(C)C1(C)C. The van der Waals surface area contributed by atoms with Crippen molar-refractivity contribution in [1.82, 2.24) is 4.90 Å². The Morgan fingerprint density at radius 3 is 2.38 bits per heavy atom. The van der Waals surface area contributed by atoms with Gasteiger partial charge in [0.25, 0.3) is 0 Å². The van der Waals surface area contributed by atoms with Crippen molar-refractivity contribution in [3.8, 4) is 0 Å². The van der Waals surface area contributed by atoms with Crippen LogP contribution in [0.15, 0.2) is 0 Å². The number of nitrogens with two attached hydrogens (primary N) is 1. The molecule has 1 aliphatic carbocycles. The molecule has 5 nitrogen and oxygen atoms in total. The molecule has 1 amide bonds. The van der Waals surface area contributed by atoms with Crippen LogP contribution in [0.5, 0.6) is 0 Å². The standard InChI is InChI=1S/C16H30N2O3/c1-10(2)8-18(9-14(19)20)15(21)12-6-7-13(17)11(3)16(12,4)5/h10-13H,6-9,17H2,1-5H3,(H,19,20). The van der Waals surface area contributed by atoms with Crippen molar-refractivity contribution in [3.63, 3.8) is 0 Å². The summed E-state index contributed by atoms with van der Waals surface area (Å²) in [6.45, 7) is 10.5. The van der Waals surface area contributed by atoms with E-state index < -0.39 is 5.97 Å². The van der Waals surface area contributed by atoms with Crippen LogP contribution >= 0.6 is 0 Å². The Morgan fingerprint density at radius 2 is 1.90 bits per heavy atom. The minimum absolute atomic E-state index is 0.0325. The van der Waals surface area contributed by atoms with E-state index in [0.717, 1.165) is 12.8 Å². The Morgan fingerprint density at radius 1 is 1.33 bits per heavy atom. The van der Waals surface area contributed by atoms with Crippen LogP contribution in [0.1, 0.15) is 47.5 Å². The predicted molar refractivity (Wildman–Crippen MR) is 82.7 cm³/mol. The molecule has 1 rings (SSSR count). The Labute approximate surface area is 127 Å². The van der Waals surface area contributed by atoms with Crippen molar-refractivity contribution in [2.45, 2.75) is 53.5 Å². The molecule has 0 radical (unpaired) electrons. The van der Waals surface area contributed by atoms with Gasteiger partial charge in [-0.2, -0.15) is 0 Å². The first-order chi connectivity index (χ1) is 9.57. The molecule has 1 saturated carbocycles. The summed E-state index contributed by atoms with van der Waals surface area (Å²) in [7, 11) is 0. The molecule has 0 bridgehead atoms. The van der Waals surface area contributed by atoms with E-state index in [1.165, 1.54) is 4.90 Å². The number of carboxylic acid groups (broad SMARTS) is 1. The quantitative estimate of drug-likeness (QED) is 0.812. The van der Waals surface area contributed by atoms with Gasteiger partial charge in [-0.15, -0.1) is 0 Å². The summed E-state index contributed by atoms with van der Waals surface area (Å²) < 4.78 is 0. The molecule has 1 fully saturated rings. The highest BCUT2D eigenvalue weighted by atomic mass is 16.4. The lowest BCUT2D eigenvalue weighted by Crippen LogP contribution is -2.53. The van der Waals surface area contributed by atoms with Gasteiger partial charge in [-0.3, -0.25) is 9.59 Å². The molecule has 0 aromatic carbocycles. The summed E-state index contributed by atoms with van der Waals surface area (Å²) in [5.41, 5.74) is 5.93. The number of hydrogen-bond acceptors (Lipinski definition) is 3. The number of rotatable bonds is 5. The molecule has 3 unspecified atom stereocenters. The van der Waals surface area contributed by atoms with Gasteiger partial charge in [0.2, 0.25) is 5.91 Å². The van der Waals surface area contributed by atoms with Gasteiger partial charge in [0, 0.05) is 18.5 Å².